The minimum Gasteiger partial charge on any atom is -0.497 e. The highest BCUT2D eigenvalue weighted by atomic mass is 16.5. The Morgan fingerprint density at radius 1 is 0.962 bits per heavy atom. The molecule has 3 aromatic rings. The van der Waals surface area contributed by atoms with Crippen molar-refractivity contribution >= 4 is 11.6 Å². The van der Waals surface area contributed by atoms with Gasteiger partial charge in [0.25, 0.3) is 5.91 Å². The van der Waals surface area contributed by atoms with E-state index in [0.29, 0.717) is 5.75 Å². The maximum absolute atomic E-state index is 13.0. The van der Waals surface area contributed by atoms with Crippen LogP contribution in [0.4, 0.5) is 5.69 Å². The first-order chi connectivity index (χ1) is 12.8. The van der Waals surface area contributed by atoms with Crippen LogP contribution in [0.1, 0.15) is 17.2 Å². The zero-order chi connectivity index (χ0) is 18.2. The third kappa shape index (κ3) is 4.71. The molecule has 0 fully saturated rings. The van der Waals surface area contributed by atoms with Gasteiger partial charge in [-0.15, -0.1) is 0 Å². The molecule has 4 heteroatoms. The molecule has 26 heavy (non-hydrogen) atoms. The van der Waals surface area contributed by atoms with Crippen molar-refractivity contribution in [3.05, 3.63) is 96.1 Å². The van der Waals surface area contributed by atoms with E-state index in [1.54, 1.807) is 7.11 Å². The van der Waals surface area contributed by atoms with Crippen LogP contribution < -0.4 is 15.4 Å². The summed E-state index contributed by atoms with van der Waals surface area (Å²) in [7, 11) is 1.61. The minimum atomic E-state index is -0.331. The van der Waals surface area contributed by atoms with Gasteiger partial charge in [0.2, 0.25) is 0 Å². The van der Waals surface area contributed by atoms with Crippen molar-refractivity contribution in [1.29, 1.82) is 0 Å². The van der Waals surface area contributed by atoms with E-state index < -0.39 is 0 Å². The number of hydrogen-bond acceptors (Lipinski definition) is 2. The Kier molecular flexibility index (Phi) is 6.01. The number of amides is 1. The first-order valence-electron chi connectivity index (χ1n) is 8.63. The number of benzene rings is 3. The Morgan fingerprint density at radius 3 is 2.35 bits per heavy atom. The molecule has 3 N–H and O–H groups in total. The second kappa shape index (κ2) is 8.83. The molecule has 0 saturated heterocycles. The Morgan fingerprint density at radius 2 is 1.65 bits per heavy atom. The number of rotatable bonds is 7. The molecule has 0 aliphatic heterocycles. The van der Waals surface area contributed by atoms with E-state index >= 15 is 0 Å². The Labute approximate surface area is 153 Å². The number of nitrogens with two attached hydrogens (primary N) is 1. The third-order valence-corrected chi connectivity index (χ3v) is 4.21. The van der Waals surface area contributed by atoms with E-state index in [4.69, 9.17) is 4.74 Å². The van der Waals surface area contributed by atoms with Gasteiger partial charge in [-0.3, -0.25) is 4.79 Å². The van der Waals surface area contributed by atoms with Gasteiger partial charge in [-0.25, -0.2) is 0 Å². The molecule has 0 spiro atoms. The third-order valence-electron chi connectivity index (χ3n) is 4.21. The van der Waals surface area contributed by atoms with E-state index in [2.05, 4.69) is 22.8 Å². The van der Waals surface area contributed by atoms with Crippen molar-refractivity contribution in [1.82, 2.24) is 0 Å². The normalized spacial score (nSPS) is 11.6. The molecule has 3 rings (SSSR count). The second-order valence-electron chi connectivity index (χ2n) is 6.03. The van der Waals surface area contributed by atoms with Crippen LogP contribution in [0.3, 0.4) is 0 Å². The van der Waals surface area contributed by atoms with Crippen molar-refractivity contribution in [2.75, 3.05) is 12.4 Å². The van der Waals surface area contributed by atoms with Crippen LogP contribution in [0.15, 0.2) is 84.9 Å². The Bertz CT molecular complexity index is 835. The molecule has 0 bridgehead atoms. The summed E-state index contributed by atoms with van der Waals surface area (Å²) >= 11 is 0. The molecule has 0 saturated carbocycles. The summed E-state index contributed by atoms with van der Waals surface area (Å²) in [6.45, 7) is 0.728. The lowest BCUT2D eigenvalue weighted by atomic mass is 10.1. The summed E-state index contributed by atoms with van der Waals surface area (Å²) in [4.78, 5) is 13.0. The Balaban J connectivity index is 1.76. The van der Waals surface area contributed by atoms with E-state index in [1.807, 2.05) is 72.8 Å². The quantitative estimate of drug-likeness (QED) is 0.690. The zero-order valence-corrected chi connectivity index (χ0v) is 14.8. The standard InChI is InChI=1S/C22H22N2O2/c1-26-20-14-8-13-19(15-20)24-22(25)21(18-11-6-3-7-12-18)23-16-17-9-4-2-5-10-17/h2-15,21,23H,16H2,1H3,(H,24,25)/p+1/t21-/m1/s1. The molecule has 0 aliphatic carbocycles. The van der Waals surface area contributed by atoms with Gasteiger partial charge in [0.1, 0.15) is 12.3 Å². The number of nitrogens with one attached hydrogen (secondary N) is 1. The number of quaternary nitrogens is 1. The number of ether oxygens (including phenoxy) is 1. The molecule has 1 atom stereocenters. The lowest BCUT2D eigenvalue weighted by Crippen LogP contribution is -2.85. The average molecular weight is 347 g/mol. The lowest BCUT2D eigenvalue weighted by molar-refractivity contribution is -0.697. The topological polar surface area (TPSA) is 54.9 Å². The summed E-state index contributed by atoms with van der Waals surface area (Å²) < 4.78 is 5.23. The van der Waals surface area contributed by atoms with Gasteiger partial charge in [0.05, 0.1) is 7.11 Å². The molecule has 0 unspecified atom stereocenters. The molecule has 0 aliphatic rings. The number of carbonyl (C=O) groups is 1. The highest BCUT2D eigenvalue weighted by Gasteiger charge is 2.24. The van der Waals surface area contributed by atoms with Crippen LogP contribution in [0.2, 0.25) is 0 Å². The van der Waals surface area contributed by atoms with Gasteiger partial charge < -0.3 is 15.4 Å². The maximum atomic E-state index is 13.0. The summed E-state index contributed by atoms with van der Waals surface area (Å²) in [6, 6.07) is 27.0. The SMILES string of the molecule is COc1cccc(NC(=O)[C@H]([NH2+]Cc2ccccc2)c2ccccc2)c1. The van der Waals surface area contributed by atoms with Crippen molar-refractivity contribution in [2.24, 2.45) is 0 Å². The van der Waals surface area contributed by atoms with Crippen molar-refractivity contribution in [3.8, 4) is 5.75 Å². The smallest absolute Gasteiger partial charge is 0.287 e. The van der Waals surface area contributed by atoms with Gasteiger partial charge in [0.15, 0.2) is 6.04 Å². The fraction of sp³-hybridized carbons (Fsp3) is 0.136. The van der Waals surface area contributed by atoms with Gasteiger partial charge >= 0.3 is 0 Å². The molecular formula is C22H23N2O2+. The molecule has 0 heterocycles. The number of carbonyl (C=O) groups excluding carboxylic acids is 1. The molecular weight excluding hydrogens is 324 g/mol. The first kappa shape index (κ1) is 17.7. The molecule has 0 aromatic heterocycles. The minimum absolute atomic E-state index is 0.0552. The highest BCUT2D eigenvalue weighted by Crippen LogP contribution is 2.18. The van der Waals surface area contributed by atoms with E-state index in [-0.39, 0.29) is 11.9 Å². The number of anilines is 1. The zero-order valence-electron chi connectivity index (χ0n) is 14.8. The fourth-order valence-corrected chi connectivity index (χ4v) is 2.84. The number of hydrogen-bond donors (Lipinski definition) is 2. The van der Waals surface area contributed by atoms with Crippen molar-refractivity contribution in [3.63, 3.8) is 0 Å². The summed E-state index contributed by atoms with van der Waals surface area (Å²) in [5.74, 6) is 0.660. The summed E-state index contributed by atoms with van der Waals surface area (Å²) in [5.41, 5.74) is 2.88. The molecule has 1 amide bonds. The maximum Gasteiger partial charge on any atom is 0.287 e. The lowest BCUT2D eigenvalue weighted by Gasteiger charge is -2.16. The predicted molar refractivity (Wildman–Crippen MR) is 103 cm³/mol. The van der Waals surface area contributed by atoms with Gasteiger partial charge in [0, 0.05) is 22.9 Å². The second-order valence-corrected chi connectivity index (χ2v) is 6.03. The summed E-state index contributed by atoms with van der Waals surface area (Å²) in [5, 5.41) is 5.06. The van der Waals surface area contributed by atoms with Crippen LogP contribution in [-0.2, 0) is 11.3 Å². The molecule has 132 valence electrons. The van der Waals surface area contributed by atoms with Crippen LogP contribution in [0, 0.1) is 0 Å². The van der Waals surface area contributed by atoms with E-state index in [0.717, 1.165) is 17.8 Å². The fourth-order valence-electron chi connectivity index (χ4n) is 2.84. The van der Waals surface area contributed by atoms with Crippen LogP contribution in [0.5, 0.6) is 5.75 Å². The van der Waals surface area contributed by atoms with Gasteiger partial charge in [-0.1, -0.05) is 66.7 Å². The van der Waals surface area contributed by atoms with Crippen LogP contribution >= 0.6 is 0 Å². The predicted octanol–water partition coefficient (Wildman–Crippen LogP) is 3.14. The molecule has 4 nitrogen and oxygen atoms in total. The first-order valence-corrected chi connectivity index (χ1v) is 8.63. The largest absolute Gasteiger partial charge is 0.497 e. The van der Waals surface area contributed by atoms with E-state index in [9.17, 15) is 4.79 Å². The van der Waals surface area contributed by atoms with Gasteiger partial charge in [-0.05, 0) is 12.1 Å². The average Bonchev–Trinajstić information content (AvgIpc) is 2.70. The number of methoxy groups -OCH3 is 1. The van der Waals surface area contributed by atoms with E-state index in [1.165, 1.54) is 5.56 Å². The molecule has 3 aromatic carbocycles. The van der Waals surface area contributed by atoms with Crippen LogP contribution in [0.25, 0.3) is 0 Å². The van der Waals surface area contributed by atoms with Crippen molar-refractivity contribution in [2.45, 2.75) is 12.6 Å². The highest BCUT2D eigenvalue weighted by molar-refractivity contribution is 5.94. The monoisotopic (exact) mass is 347 g/mol. The van der Waals surface area contributed by atoms with Crippen LogP contribution in [-0.4, -0.2) is 13.0 Å². The van der Waals surface area contributed by atoms with Gasteiger partial charge in [-0.2, -0.15) is 0 Å². The molecule has 0 radical (unpaired) electrons. The Hall–Kier alpha value is -3.11. The summed E-state index contributed by atoms with van der Waals surface area (Å²) in [6.07, 6.45) is 0. The van der Waals surface area contributed by atoms with Crippen molar-refractivity contribution < 1.29 is 14.8 Å².